The van der Waals surface area contributed by atoms with Crippen LogP contribution in [0.2, 0.25) is 5.02 Å². The van der Waals surface area contributed by atoms with Gasteiger partial charge in [-0.15, -0.1) is 0 Å². The van der Waals surface area contributed by atoms with Crippen LogP contribution in [0, 0.1) is 42.9 Å². The van der Waals surface area contributed by atoms with Crippen molar-refractivity contribution in [2.75, 3.05) is 19.8 Å². The summed E-state index contributed by atoms with van der Waals surface area (Å²) in [5, 5.41) is 0.184. The lowest BCUT2D eigenvalue weighted by atomic mass is 9.87. The van der Waals surface area contributed by atoms with Crippen molar-refractivity contribution >= 4 is 34.6 Å². The van der Waals surface area contributed by atoms with E-state index >= 15 is 8.78 Å². The topological polar surface area (TPSA) is 31.2 Å². The van der Waals surface area contributed by atoms with Gasteiger partial charge < -0.3 is 9.80 Å². The molecule has 288 valence electrons. The minimum absolute atomic E-state index is 0.00941. The largest absolute Gasteiger partial charge is 0.338 e. The van der Waals surface area contributed by atoms with Gasteiger partial charge in [0, 0.05) is 18.7 Å². The number of halogens is 6. The van der Waals surface area contributed by atoms with Crippen LogP contribution >= 0.6 is 11.6 Å². The molecule has 1 aliphatic rings. The Hall–Kier alpha value is -4.24. The average Bonchev–Trinajstić information content (AvgIpc) is 3.12. The van der Waals surface area contributed by atoms with Crippen molar-refractivity contribution in [3.05, 3.63) is 127 Å². The summed E-state index contributed by atoms with van der Waals surface area (Å²) in [5.41, 5.74) is 6.61. The Bertz CT molecular complexity index is 2000. The standard InChI is InChI=1S/C44H50ClF5N4/c1-23(2)29-14-11-15-30(24(3)4)34(29)43(52-42-31(25(5)6)16-12-17-32(42)26(7)8)53-18-13-19-54(22-53)44(51-41-28(10)20-27(9)21-33(41)45)35-36(46)38(48)40(50)39(49)37(35)47/h11-12,14-17,20-21,23-26H,13,18-19,22H2,1-10H3. The molecule has 0 amide bonds. The van der Waals surface area contributed by atoms with Gasteiger partial charge in [0.15, 0.2) is 23.3 Å². The molecule has 0 N–H and O–H groups in total. The van der Waals surface area contributed by atoms with Crippen LogP contribution in [0.4, 0.5) is 33.3 Å². The third-order valence-corrected chi connectivity index (χ3v) is 10.3. The van der Waals surface area contributed by atoms with Crippen LogP contribution in [0.1, 0.15) is 130 Å². The van der Waals surface area contributed by atoms with E-state index < -0.39 is 40.5 Å². The van der Waals surface area contributed by atoms with E-state index in [2.05, 4.69) is 96.8 Å². The van der Waals surface area contributed by atoms with Crippen molar-refractivity contribution in [2.45, 2.75) is 99.3 Å². The van der Waals surface area contributed by atoms with Gasteiger partial charge in [0.25, 0.3) is 0 Å². The second-order valence-corrected chi connectivity index (χ2v) is 15.9. The van der Waals surface area contributed by atoms with E-state index in [0.717, 1.165) is 39.1 Å². The Kier molecular flexibility index (Phi) is 12.6. The highest BCUT2D eigenvalue weighted by atomic mass is 35.5. The number of rotatable bonds is 8. The van der Waals surface area contributed by atoms with E-state index in [1.807, 2.05) is 11.8 Å². The first-order valence-corrected chi connectivity index (χ1v) is 19.0. The summed E-state index contributed by atoms with van der Waals surface area (Å²) < 4.78 is 75.9. The van der Waals surface area contributed by atoms with Gasteiger partial charge in [-0.05, 0) is 83.4 Å². The molecule has 54 heavy (non-hydrogen) atoms. The van der Waals surface area contributed by atoms with Gasteiger partial charge in [-0.1, -0.05) is 109 Å². The third-order valence-electron chi connectivity index (χ3n) is 10.0. The average molecular weight is 765 g/mol. The molecule has 1 saturated heterocycles. The highest BCUT2D eigenvalue weighted by Crippen LogP contribution is 2.39. The molecule has 1 heterocycles. The molecule has 10 heteroatoms. The van der Waals surface area contributed by atoms with E-state index in [4.69, 9.17) is 16.6 Å². The van der Waals surface area contributed by atoms with Gasteiger partial charge in [0.1, 0.15) is 11.7 Å². The third kappa shape index (κ3) is 8.07. The van der Waals surface area contributed by atoms with Crippen LogP contribution in [0.25, 0.3) is 0 Å². The molecule has 1 fully saturated rings. The molecule has 4 aromatic rings. The highest BCUT2D eigenvalue weighted by molar-refractivity contribution is 6.33. The molecule has 0 unspecified atom stereocenters. The van der Waals surface area contributed by atoms with E-state index in [-0.39, 0.29) is 47.6 Å². The summed E-state index contributed by atoms with van der Waals surface area (Å²) >= 11 is 6.65. The molecule has 0 radical (unpaired) electrons. The van der Waals surface area contributed by atoms with Crippen molar-refractivity contribution < 1.29 is 22.0 Å². The van der Waals surface area contributed by atoms with Crippen molar-refractivity contribution in [3.8, 4) is 0 Å². The molecule has 0 spiro atoms. The molecule has 1 aliphatic heterocycles. The summed E-state index contributed by atoms with van der Waals surface area (Å²) in [4.78, 5) is 13.8. The number of aliphatic imine (C=N–C) groups is 2. The maximum atomic E-state index is 15.8. The van der Waals surface area contributed by atoms with Gasteiger partial charge in [0.05, 0.1) is 28.6 Å². The zero-order valence-corrected chi connectivity index (χ0v) is 33.6. The van der Waals surface area contributed by atoms with Crippen LogP contribution in [0.5, 0.6) is 0 Å². The minimum Gasteiger partial charge on any atom is -0.338 e. The number of aryl methyl sites for hydroxylation is 2. The van der Waals surface area contributed by atoms with Crippen LogP contribution in [-0.2, 0) is 0 Å². The van der Waals surface area contributed by atoms with Gasteiger partial charge in [-0.2, -0.15) is 0 Å². The monoisotopic (exact) mass is 764 g/mol. The molecule has 0 atom stereocenters. The maximum Gasteiger partial charge on any atom is 0.200 e. The van der Waals surface area contributed by atoms with Crippen LogP contribution in [-0.4, -0.2) is 41.2 Å². The predicted octanol–water partition coefficient (Wildman–Crippen LogP) is 13.0. The van der Waals surface area contributed by atoms with Crippen molar-refractivity contribution in [1.29, 1.82) is 0 Å². The second-order valence-electron chi connectivity index (χ2n) is 15.5. The van der Waals surface area contributed by atoms with Crippen LogP contribution in [0.3, 0.4) is 0 Å². The number of hydrogen-bond donors (Lipinski definition) is 0. The van der Waals surface area contributed by atoms with Crippen molar-refractivity contribution in [1.82, 2.24) is 9.80 Å². The fourth-order valence-corrected chi connectivity index (χ4v) is 7.59. The smallest absolute Gasteiger partial charge is 0.200 e. The Morgan fingerprint density at radius 3 is 1.43 bits per heavy atom. The molecular weight excluding hydrogens is 715 g/mol. The van der Waals surface area contributed by atoms with Gasteiger partial charge in [0.2, 0.25) is 5.82 Å². The summed E-state index contributed by atoms with van der Waals surface area (Å²) in [5.74, 6) is -9.44. The molecule has 0 aromatic heterocycles. The first kappa shape index (κ1) is 40.9. The van der Waals surface area contributed by atoms with Gasteiger partial charge in [-0.25, -0.2) is 31.9 Å². The van der Waals surface area contributed by atoms with E-state index in [9.17, 15) is 13.2 Å². The van der Waals surface area contributed by atoms with Crippen LogP contribution < -0.4 is 0 Å². The number of hydrogen-bond acceptors (Lipinski definition) is 2. The maximum absolute atomic E-state index is 15.8. The lowest BCUT2D eigenvalue weighted by Crippen LogP contribution is -2.51. The molecule has 4 aromatic carbocycles. The fraction of sp³-hybridized carbons (Fsp3) is 0.409. The molecule has 5 rings (SSSR count). The predicted molar refractivity (Wildman–Crippen MR) is 212 cm³/mol. The highest BCUT2D eigenvalue weighted by Gasteiger charge is 2.35. The molecule has 0 bridgehead atoms. The Morgan fingerprint density at radius 1 is 0.574 bits per heavy atom. The van der Waals surface area contributed by atoms with Crippen LogP contribution in [0.15, 0.2) is 58.5 Å². The minimum atomic E-state index is -2.23. The normalized spacial score (nSPS) is 14.4. The number of benzene rings is 4. The summed E-state index contributed by atoms with van der Waals surface area (Å²) in [6, 6.07) is 15.9. The molecule has 0 saturated carbocycles. The fourth-order valence-electron chi connectivity index (χ4n) is 7.23. The molecule has 0 aliphatic carbocycles. The lowest BCUT2D eigenvalue weighted by molar-refractivity contribution is 0.212. The van der Waals surface area contributed by atoms with Gasteiger partial charge >= 0.3 is 0 Å². The summed E-state index contributed by atoms with van der Waals surface area (Å²) in [7, 11) is 0. The zero-order chi connectivity index (χ0) is 39.8. The van der Waals surface area contributed by atoms with E-state index in [1.54, 1.807) is 24.0 Å². The summed E-state index contributed by atoms with van der Waals surface area (Å²) in [6.07, 6.45) is 0.470. The Labute approximate surface area is 321 Å². The molecule has 4 nitrogen and oxygen atoms in total. The second kappa shape index (κ2) is 16.6. The number of amidine groups is 2. The van der Waals surface area contributed by atoms with E-state index in [0.29, 0.717) is 24.4 Å². The zero-order valence-electron chi connectivity index (χ0n) is 32.8. The van der Waals surface area contributed by atoms with Crippen molar-refractivity contribution in [3.63, 3.8) is 0 Å². The molecular formula is C44H50ClF5N4. The first-order valence-electron chi connectivity index (χ1n) is 18.7. The lowest BCUT2D eigenvalue weighted by Gasteiger charge is -2.40. The SMILES string of the molecule is Cc1cc(C)c(N=C(c2c(F)c(F)c(F)c(F)c2F)N2CCCN(C(=Nc3c(C(C)C)cccc3C(C)C)c3c(C(C)C)cccc3C(C)C)C2)c(Cl)c1. The Balaban J connectivity index is 1.83. The number of para-hydroxylation sites is 1. The Morgan fingerprint density at radius 2 is 0.981 bits per heavy atom. The first-order chi connectivity index (χ1) is 25.4. The van der Waals surface area contributed by atoms with E-state index in [1.165, 1.54) is 0 Å². The summed E-state index contributed by atoms with van der Waals surface area (Å²) in [6.45, 7) is 21.3. The quantitative estimate of drug-likeness (QED) is 0.0588. The van der Waals surface area contributed by atoms with Crippen molar-refractivity contribution in [2.24, 2.45) is 9.98 Å². The number of nitrogens with zero attached hydrogens (tertiary/aromatic N) is 4. The van der Waals surface area contributed by atoms with Gasteiger partial charge in [-0.3, -0.25) is 0 Å².